The number of carbonyl (C=O) groups excluding carboxylic acids is 1. The van der Waals surface area contributed by atoms with E-state index in [9.17, 15) is 4.79 Å². The van der Waals surface area contributed by atoms with Gasteiger partial charge in [0.2, 0.25) is 0 Å². The zero-order chi connectivity index (χ0) is 20.1. The lowest BCUT2D eigenvalue weighted by Crippen LogP contribution is -2.34. The minimum atomic E-state index is -0.679. The van der Waals surface area contributed by atoms with E-state index in [1.54, 1.807) is 0 Å². The minimum absolute atomic E-state index is 0. The molecule has 0 aliphatic heterocycles. The van der Waals surface area contributed by atoms with Crippen molar-refractivity contribution in [3.05, 3.63) is 108 Å². The summed E-state index contributed by atoms with van der Waals surface area (Å²) in [5.41, 5.74) is 10.4. The predicted molar refractivity (Wildman–Crippen MR) is 125 cm³/mol. The van der Waals surface area contributed by atoms with E-state index in [4.69, 9.17) is 10.5 Å². The summed E-state index contributed by atoms with van der Waals surface area (Å²) in [6.07, 6.45) is 0.448. The van der Waals surface area contributed by atoms with E-state index in [2.05, 4.69) is 48.5 Å². The summed E-state index contributed by atoms with van der Waals surface area (Å²) in [5, 5.41) is 2.45. The number of rotatable bonds is 6. The van der Waals surface area contributed by atoms with Gasteiger partial charge in [-0.3, -0.25) is 4.79 Å². The van der Waals surface area contributed by atoms with Gasteiger partial charge in [0.15, 0.2) is 0 Å². The zero-order valence-corrected chi connectivity index (χ0v) is 17.3. The number of hydrogen-bond acceptors (Lipinski definition) is 3. The lowest BCUT2D eigenvalue weighted by Gasteiger charge is -2.12. The average Bonchev–Trinajstić information content (AvgIpc) is 2.78. The Bertz CT molecular complexity index is 1110. The van der Waals surface area contributed by atoms with Gasteiger partial charge in [0, 0.05) is 0 Å². The van der Waals surface area contributed by atoms with Crippen LogP contribution in [0.15, 0.2) is 97.1 Å². The molecular weight excluding hydrogens is 394 g/mol. The molecule has 0 spiro atoms. The largest absolute Gasteiger partial charge is 0.460 e. The Hall–Kier alpha value is -3.14. The molecule has 0 bridgehead atoms. The molecule has 0 aliphatic carbocycles. The monoisotopic (exact) mass is 417 g/mol. The highest BCUT2D eigenvalue weighted by Gasteiger charge is 2.16. The molecule has 0 amide bonds. The summed E-state index contributed by atoms with van der Waals surface area (Å²) in [7, 11) is 0. The average molecular weight is 418 g/mol. The van der Waals surface area contributed by atoms with Crippen LogP contribution in [0.5, 0.6) is 0 Å². The van der Waals surface area contributed by atoms with Crippen molar-refractivity contribution in [2.45, 2.75) is 19.1 Å². The summed E-state index contributed by atoms with van der Waals surface area (Å²) in [4.78, 5) is 12.2. The van der Waals surface area contributed by atoms with Crippen LogP contribution in [0.3, 0.4) is 0 Å². The van der Waals surface area contributed by atoms with Crippen molar-refractivity contribution in [3.8, 4) is 11.1 Å². The summed E-state index contributed by atoms with van der Waals surface area (Å²) in [6.45, 7) is 0.243. The van der Waals surface area contributed by atoms with Crippen LogP contribution in [0, 0.1) is 0 Å². The van der Waals surface area contributed by atoms with Gasteiger partial charge in [-0.2, -0.15) is 0 Å². The number of carbonyl (C=O) groups is 1. The van der Waals surface area contributed by atoms with Crippen molar-refractivity contribution >= 4 is 29.1 Å². The Morgan fingerprint density at radius 3 is 2.20 bits per heavy atom. The quantitative estimate of drug-likeness (QED) is 0.419. The molecule has 0 heterocycles. The van der Waals surface area contributed by atoms with Crippen LogP contribution in [-0.2, 0) is 22.6 Å². The second-order valence-electron chi connectivity index (χ2n) is 7.13. The van der Waals surface area contributed by atoms with Crippen molar-refractivity contribution in [1.82, 2.24) is 0 Å². The van der Waals surface area contributed by atoms with E-state index in [0.717, 1.165) is 16.7 Å². The fraction of sp³-hybridized carbons (Fsp3) is 0.115. The summed E-state index contributed by atoms with van der Waals surface area (Å²) >= 11 is 0. The van der Waals surface area contributed by atoms with Gasteiger partial charge in [-0.1, -0.05) is 97.1 Å². The second-order valence-corrected chi connectivity index (χ2v) is 7.13. The molecule has 0 saturated carbocycles. The first-order valence-electron chi connectivity index (χ1n) is 9.74. The van der Waals surface area contributed by atoms with Crippen LogP contribution >= 0.6 is 12.4 Å². The Labute approximate surface area is 182 Å². The fourth-order valence-corrected chi connectivity index (χ4v) is 3.47. The number of fused-ring (bicyclic) bond motifs is 1. The topological polar surface area (TPSA) is 52.3 Å². The SMILES string of the molecule is Cl.N[C@@H](Cc1ccc(-c2cccc3ccccc23)cc1)C(=O)OCc1ccccc1. The maximum absolute atomic E-state index is 12.2. The molecule has 0 radical (unpaired) electrons. The predicted octanol–water partition coefficient (Wildman–Crippen LogP) is 5.54. The molecule has 0 aromatic heterocycles. The van der Waals surface area contributed by atoms with Crippen LogP contribution in [0.25, 0.3) is 21.9 Å². The molecule has 0 fully saturated rings. The third kappa shape index (κ3) is 5.07. The van der Waals surface area contributed by atoms with Crippen molar-refractivity contribution in [1.29, 1.82) is 0 Å². The summed E-state index contributed by atoms with van der Waals surface area (Å²) in [6, 6.07) is 31.8. The summed E-state index contributed by atoms with van der Waals surface area (Å²) in [5.74, 6) is -0.382. The zero-order valence-electron chi connectivity index (χ0n) is 16.5. The van der Waals surface area contributed by atoms with Crippen LogP contribution in [0.1, 0.15) is 11.1 Å². The van der Waals surface area contributed by atoms with E-state index >= 15 is 0 Å². The molecule has 3 nitrogen and oxygen atoms in total. The van der Waals surface area contributed by atoms with Gasteiger partial charge in [-0.05, 0) is 39.4 Å². The molecule has 0 aliphatic rings. The molecule has 4 heteroatoms. The molecule has 152 valence electrons. The third-order valence-electron chi connectivity index (χ3n) is 5.04. The van der Waals surface area contributed by atoms with Gasteiger partial charge in [0.25, 0.3) is 0 Å². The normalized spacial score (nSPS) is 11.5. The lowest BCUT2D eigenvalue weighted by molar-refractivity contribution is -0.146. The van der Waals surface area contributed by atoms with Crippen molar-refractivity contribution in [3.63, 3.8) is 0 Å². The Kier molecular flexibility index (Phi) is 7.23. The highest BCUT2D eigenvalue weighted by molar-refractivity contribution is 5.96. The molecule has 4 rings (SSSR count). The van der Waals surface area contributed by atoms with Crippen LogP contribution in [-0.4, -0.2) is 12.0 Å². The van der Waals surface area contributed by atoms with E-state index in [1.807, 2.05) is 48.5 Å². The molecule has 1 atom stereocenters. The van der Waals surface area contributed by atoms with Crippen LogP contribution < -0.4 is 5.73 Å². The Morgan fingerprint density at radius 1 is 0.767 bits per heavy atom. The minimum Gasteiger partial charge on any atom is -0.460 e. The standard InChI is InChI=1S/C26H23NO2.ClH/c27-25(26(28)29-18-20-7-2-1-3-8-20)17-19-13-15-22(16-14-19)24-12-6-10-21-9-4-5-11-23(21)24;/h1-16,25H,17-18,27H2;1H/t25-;/m0./s1. The maximum Gasteiger partial charge on any atom is 0.323 e. The highest BCUT2D eigenvalue weighted by Crippen LogP contribution is 2.28. The van der Waals surface area contributed by atoms with Crippen LogP contribution in [0.2, 0.25) is 0 Å². The van der Waals surface area contributed by atoms with Gasteiger partial charge in [0.05, 0.1) is 0 Å². The number of ether oxygens (including phenoxy) is 1. The van der Waals surface area contributed by atoms with Gasteiger partial charge in [-0.15, -0.1) is 12.4 Å². The lowest BCUT2D eigenvalue weighted by atomic mass is 9.96. The molecule has 0 saturated heterocycles. The summed E-state index contributed by atoms with van der Waals surface area (Å²) < 4.78 is 5.34. The highest BCUT2D eigenvalue weighted by atomic mass is 35.5. The number of benzene rings is 4. The third-order valence-corrected chi connectivity index (χ3v) is 5.04. The second kappa shape index (κ2) is 10.1. The number of nitrogens with two attached hydrogens (primary N) is 1. The van der Waals surface area contributed by atoms with Gasteiger partial charge in [0.1, 0.15) is 12.6 Å². The van der Waals surface area contributed by atoms with E-state index in [-0.39, 0.29) is 25.0 Å². The first-order valence-corrected chi connectivity index (χ1v) is 9.74. The fourth-order valence-electron chi connectivity index (χ4n) is 3.47. The van der Waals surface area contributed by atoms with Gasteiger partial charge >= 0.3 is 5.97 Å². The number of halogens is 1. The van der Waals surface area contributed by atoms with Gasteiger partial charge in [-0.25, -0.2) is 0 Å². The number of esters is 1. The molecule has 0 unspecified atom stereocenters. The Balaban J connectivity index is 0.00000256. The Morgan fingerprint density at radius 2 is 1.43 bits per heavy atom. The smallest absolute Gasteiger partial charge is 0.323 e. The van der Waals surface area contributed by atoms with E-state index < -0.39 is 6.04 Å². The molecule has 30 heavy (non-hydrogen) atoms. The first-order chi connectivity index (χ1) is 14.2. The van der Waals surface area contributed by atoms with E-state index in [0.29, 0.717) is 6.42 Å². The first kappa shape index (κ1) is 21.6. The van der Waals surface area contributed by atoms with Crippen molar-refractivity contribution in [2.24, 2.45) is 5.73 Å². The van der Waals surface area contributed by atoms with Crippen molar-refractivity contribution in [2.75, 3.05) is 0 Å². The van der Waals surface area contributed by atoms with Gasteiger partial charge < -0.3 is 10.5 Å². The maximum atomic E-state index is 12.2. The van der Waals surface area contributed by atoms with Crippen molar-refractivity contribution < 1.29 is 9.53 Å². The van der Waals surface area contributed by atoms with Crippen LogP contribution in [0.4, 0.5) is 0 Å². The molecule has 4 aromatic carbocycles. The van der Waals surface area contributed by atoms with E-state index in [1.165, 1.54) is 16.3 Å². The number of hydrogen-bond donors (Lipinski definition) is 1. The molecular formula is C26H24ClNO2. The molecule has 4 aromatic rings. The molecule has 2 N–H and O–H groups in total.